The van der Waals surface area contributed by atoms with Gasteiger partial charge in [-0.2, -0.15) is 0 Å². The number of nitrogens with zero attached hydrogens (tertiary/aromatic N) is 1. The first-order chi connectivity index (χ1) is 13.7. The Balaban J connectivity index is 1.59. The molecule has 4 rings (SSSR count). The number of carbonyl (C=O) groups is 2. The fraction of sp³-hybridized carbons (Fsp3) is 0.304. The van der Waals surface area contributed by atoms with Crippen LogP contribution in [0.15, 0.2) is 66.1 Å². The molecule has 1 aliphatic carbocycles. The number of carbonyl (C=O) groups excluding carboxylic acids is 2. The standard InChI is InChI=1S/C23H23NO4/c1-27-21-10-6-5-9-18(21)17-13-19(25)22(20(26)14-17)23-24(11-12-28-23)15-16-7-3-2-4-8-16/h2-10,17H,11-15H2,1H3. The molecule has 1 aliphatic heterocycles. The fourth-order valence-electron chi connectivity index (χ4n) is 3.97. The van der Waals surface area contributed by atoms with Crippen LogP contribution in [0.3, 0.4) is 0 Å². The van der Waals surface area contributed by atoms with Gasteiger partial charge in [0.25, 0.3) is 0 Å². The van der Waals surface area contributed by atoms with Crippen molar-refractivity contribution in [2.45, 2.75) is 25.3 Å². The van der Waals surface area contributed by atoms with Gasteiger partial charge in [0.05, 0.1) is 13.7 Å². The van der Waals surface area contributed by atoms with E-state index in [0.717, 1.165) is 11.1 Å². The highest BCUT2D eigenvalue weighted by Gasteiger charge is 2.38. The Labute approximate surface area is 164 Å². The summed E-state index contributed by atoms with van der Waals surface area (Å²) in [5.74, 6) is 0.693. The van der Waals surface area contributed by atoms with Crippen molar-refractivity contribution in [1.29, 1.82) is 0 Å². The van der Waals surface area contributed by atoms with Crippen LogP contribution in [-0.4, -0.2) is 36.7 Å². The summed E-state index contributed by atoms with van der Waals surface area (Å²) in [7, 11) is 1.60. The molecule has 5 nitrogen and oxygen atoms in total. The van der Waals surface area contributed by atoms with Gasteiger partial charge in [-0.3, -0.25) is 9.59 Å². The molecule has 0 N–H and O–H groups in total. The first-order valence-electron chi connectivity index (χ1n) is 9.52. The molecule has 0 radical (unpaired) electrons. The SMILES string of the molecule is COc1ccccc1C1CC(=O)C(=C2OCCN2Cc2ccccc2)C(=O)C1. The molecule has 2 aromatic carbocycles. The summed E-state index contributed by atoms with van der Waals surface area (Å²) in [6, 6.07) is 17.6. The van der Waals surface area contributed by atoms with E-state index in [1.54, 1.807) is 7.11 Å². The van der Waals surface area contributed by atoms with Crippen LogP contribution in [0.5, 0.6) is 5.75 Å². The van der Waals surface area contributed by atoms with Gasteiger partial charge in [0.15, 0.2) is 11.6 Å². The van der Waals surface area contributed by atoms with Gasteiger partial charge in [0, 0.05) is 25.3 Å². The predicted octanol–water partition coefficient (Wildman–Crippen LogP) is 3.45. The van der Waals surface area contributed by atoms with E-state index < -0.39 is 0 Å². The molecule has 5 heteroatoms. The lowest BCUT2D eigenvalue weighted by atomic mass is 9.79. The Hall–Kier alpha value is -3.08. The maximum atomic E-state index is 12.9. The zero-order valence-electron chi connectivity index (χ0n) is 15.9. The van der Waals surface area contributed by atoms with E-state index in [4.69, 9.17) is 9.47 Å². The molecule has 1 saturated carbocycles. The summed E-state index contributed by atoms with van der Waals surface area (Å²) >= 11 is 0. The number of hydrogen-bond donors (Lipinski definition) is 0. The minimum Gasteiger partial charge on any atom is -0.496 e. The molecule has 0 spiro atoms. The lowest BCUT2D eigenvalue weighted by molar-refractivity contribution is -0.125. The molecule has 144 valence electrons. The second kappa shape index (κ2) is 7.89. The number of hydrogen-bond acceptors (Lipinski definition) is 5. The summed E-state index contributed by atoms with van der Waals surface area (Å²) in [4.78, 5) is 27.9. The van der Waals surface area contributed by atoms with E-state index in [1.807, 2.05) is 59.5 Å². The third-order valence-corrected chi connectivity index (χ3v) is 5.32. The summed E-state index contributed by atoms with van der Waals surface area (Å²) in [5, 5.41) is 0. The largest absolute Gasteiger partial charge is 0.496 e. The van der Waals surface area contributed by atoms with Crippen LogP contribution < -0.4 is 4.74 Å². The quantitative estimate of drug-likeness (QED) is 0.603. The van der Waals surface area contributed by atoms with Gasteiger partial charge in [-0.1, -0.05) is 48.5 Å². The third kappa shape index (κ3) is 3.52. The first-order valence-corrected chi connectivity index (χ1v) is 9.52. The highest BCUT2D eigenvalue weighted by atomic mass is 16.5. The molecule has 0 aromatic heterocycles. The van der Waals surface area contributed by atoms with E-state index in [2.05, 4.69) is 0 Å². The normalized spacial score (nSPS) is 19.8. The number of benzene rings is 2. The van der Waals surface area contributed by atoms with Crippen LogP contribution in [0.2, 0.25) is 0 Å². The van der Waals surface area contributed by atoms with Crippen LogP contribution in [0.1, 0.15) is 29.9 Å². The maximum Gasteiger partial charge on any atom is 0.204 e. The van der Waals surface area contributed by atoms with Crippen molar-refractivity contribution in [2.24, 2.45) is 0 Å². The van der Waals surface area contributed by atoms with Crippen LogP contribution in [0.4, 0.5) is 0 Å². The van der Waals surface area contributed by atoms with Crippen molar-refractivity contribution in [3.63, 3.8) is 0 Å². The zero-order chi connectivity index (χ0) is 19.5. The van der Waals surface area contributed by atoms with Gasteiger partial charge in [0.1, 0.15) is 17.9 Å². The van der Waals surface area contributed by atoms with Gasteiger partial charge in [0.2, 0.25) is 5.88 Å². The number of methoxy groups -OCH3 is 1. The van der Waals surface area contributed by atoms with Gasteiger partial charge in [-0.15, -0.1) is 0 Å². The second-order valence-corrected chi connectivity index (χ2v) is 7.13. The zero-order valence-corrected chi connectivity index (χ0v) is 15.9. The Morgan fingerprint density at radius 3 is 2.39 bits per heavy atom. The van der Waals surface area contributed by atoms with E-state index >= 15 is 0 Å². The average Bonchev–Trinajstić information content (AvgIpc) is 3.15. The summed E-state index contributed by atoms with van der Waals surface area (Å²) < 4.78 is 11.2. The molecule has 0 bridgehead atoms. The van der Waals surface area contributed by atoms with Crippen molar-refractivity contribution >= 4 is 11.6 Å². The van der Waals surface area contributed by atoms with E-state index in [1.165, 1.54) is 0 Å². The Kier molecular flexibility index (Phi) is 5.15. The highest BCUT2D eigenvalue weighted by Crippen LogP contribution is 2.38. The molecule has 2 aliphatic rings. The number of allylic oxidation sites excluding steroid dienone is 1. The van der Waals surface area contributed by atoms with Gasteiger partial charge in [-0.05, 0) is 17.2 Å². The van der Waals surface area contributed by atoms with E-state index in [9.17, 15) is 9.59 Å². The Morgan fingerprint density at radius 2 is 1.68 bits per heavy atom. The number of rotatable bonds is 4. The monoisotopic (exact) mass is 377 g/mol. The van der Waals surface area contributed by atoms with Crippen molar-refractivity contribution in [2.75, 3.05) is 20.3 Å². The van der Waals surface area contributed by atoms with Crippen molar-refractivity contribution in [1.82, 2.24) is 4.90 Å². The molecular weight excluding hydrogens is 354 g/mol. The van der Waals surface area contributed by atoms with Crippen molar-refractivity contribution < 1.29 is 19.1 Å². The van der Waals surface area contributed by atoms with Crippen LogP contribution in [0.25, 0.3) is 0 Å². The summed E-state index contributed by atoms with van der Waals surface area (Å²) in [6.45, 7) is 1.78. The number of para-hydroxylation sites is 1. The molecule has 1 saturated heterocycles. The van der Waals surface area contributed by atoms with Crippen LogP contribution in [-0.2, 0) is 20.9 Å². The average molecular weight is 377 g/mol. The minimum absolute atomic E-state index is 0.151. The van der Waals surface area contributed by atoms with Gasteiger partial charge in [-0.25, -0.2) is 0 Å². The van der Waals surface area contributed by atoms with E-state index in [-0.39, 0.29) is 35.9 Å². The molecule has 2 fully saturated rings. The molecule has 28 heavy (non-hydrogen) atoms. The molecule has 1 heterocycles. The van der Waals surface area contributed by atoms with Crippen LogP contribution >= 0.6 is 0 Å². The first kappa shape index (κ1) is 18.3. The van der Waals surface area contributed by atoms with Crippen molar-refractivity contribution in [3.8, 4) is 5.75 Å². The lowest BCUT2D eigenvalue weighted by Crippen LogP contribution is -2.30. The number of ether oxygens (including phenoxy) is 2. The molecule has 2 aromatic rings. The molecule has 0 amide bonds. The van der Waals surface area contributed by atoms with Gasteiger partial charge >= 0.3 is 0 Å². The minimum atomic E-state index is -0.163. The topological polar surface area (TPSA) is 55.8 Å². The van der Waals surface area contributed by atoms with Crippen molar-refractivity contribution in [3.05, 3.63) is 77.2 Å². The fourth-order valence-corrected chi connectivity index (χ4v) is 3.97. The van der Waals surface area contributed by atoms with Gasteiger partial charge < -0.3 is 14.4 Å². The van der Waals surface area contributed by atoms with Crippen LogP contribution in [0, 0.1) is 0 Å². The molecular formula is C23H23NO4. The Morgan fingerprint density at radius 1 is 1.00 bits per heavy atom. The number of ketones is 2. The van der Waals surface area contributed by atoms with E-state index in [0.29, 0.717) is 31.3 Å². The Bertz CT molecular complexity index is 899. The third-order valence-electron chi connectivity index (χ3n) is 5.32. The smallest absolute Gasteiger partial charge is 0.204 e. The number of Topliss-reactive ketones (excluding diaryl/α,β-unsaturated/α-hetero) is 2. The molecule has 0 unspecified atom stereocenters. The summed E-state index contributed by atoms with van der Waals surface area (Å²) in [6.07, 6.45) is 0.570. The second-order valence-electron chi connectivity index (χ2n) is 7.13. The maximum absolute atomic E-state index is 12.9. The predicted molar refractivity (Wildman–Crippen MR) is 105 cm³/mol. The highest BCUT2D eigenvalue weighted by molar-refractivity contribution is 6.22. The summed E-state index contributed by atoms with van der Waals surface area (Å²) in [5.41, 5.74) is 2.25. The molecule has 0 atom stereocenters. The lowest BCUT2D eigenvalue weighted by Gasteiger charge is -2.26.